The Morgan fingerprint density at radius 3 is 2.63 bits per heavy atom. The third-order valence-electron chi connectivity index (χ3n) is 3.44. The molecule has 0 N–H and O–H groups in total. The van der Waals surface area contributed by atoms with Gasteiger partial charge in [-0.1, -0.05) is 29.8 Å². The first-order chi connectivity index (χ1) is 8.92. The van der Waals surface area contributed by atoms with Gasteiger partial charge in [0.25, 0.3) is 0 Å². The molecule has 0 aliphatic carbocycles. The van der Waals surface area contributed by atoms with Crippen molar-refractivity contribution in [3.8, 4) is 0 Å². The highest BCUT2D eigenvalue weighted by molar-refractivity contribution is 7.91. The molecule has 1 heterocycles. The van der Waals surface area contributed by atoms with Crippen molar-refractivity contribution in [3.05, 3.63) is 34.9 Å². The number of hydrogen-bond donors (Lipinski definition) is 0. The summed E-state index contributed by atoms with van der Waals surface area (Å²) in [5.74, 6) is -0.0994. The molecule has 0 radical (unpaired) electrons. The molecule has 2 rings (SSSR count). The van der Waals surface area contributed by atoms with E-state index in [1.165, 1.54) is 6.92 Å². The summed E-state index contributed by atoms with van der Waals surface area (Å²) < 4.78 is 24.7. The quantitative estimate of drug-likeness (QED) is 0.798. The Hall–Kier alpha value is -1.07. The van der Waals surface area contributed by atoms with E-state index in [9.17, 15) is 13.2 Å². The van der Waals surface area contributed by atoms with Crippen molar-refractivity contribution in [2.75, 3.05) is 18.8 Å². The van der Waals surface area contributed by atoms with E-state index >= 15 is 0 Å². The number of benzene rings is 1. The molecule has 104 valence electrons. The smallest absolute Gasteiger partial charge is 0.219 e. The summed E-state index contributed by atoms with van der Waals surface area (Å²) in [6.07, 6.45) is 0.394. The van der Waals surface area contributed by atoms with Crippen LogP contribution in [0.15, 0.2) is 24.3 Å². The number of nitrogens with zero attached hydrogens (tertiary/aromatic N) is 1. The molecule has 6 heteroatoms. The number of halogens is 1. The van der Waals surface area contributed by atoms with Gasteiger partial charge in [-0.3, -0.25) is 4.79 Å². The van der Waals surface area contributed by atoms with Crippen molar-refractivity contribution in [2.45, 2.75) is 18.6 Å². The first kappa shape index (κ1) is 14.3. The van der Waals surface area contributed by atoms with E-state index in [0.29, 0.717) is 23.6 Å². The van der Waals surface area contributed by atoms with Crippen LogP contribution in [-0.4, -0.2) is 38.1 Å². The van der Waals surface area contributed by atoms with Crippen molar-refractivity contribution in [2.24, 2.45) is 0 Å². The highest BCUT2D eigenvalue weighted by Crippen LogP contribution is 2.33. The highest BCUT2D eigenvalue weighted by atomic mass is 35.5. The molecular weight excluding hydrogens is 286 g/mol. The van der Waals surface area contributed by atoms with Gasteiger partial charge in [-0.05, 0) is 18.1 Å². The van der Waals surface area contributed by atoms with Crippen molar-refractivity contribution < 1.29 is 13.2 Å². The molecule has 1 saturated heterocycles. The maximum absolute atomic E-state index is 12.3. The van der Waals surface area contributed by atoms with E-state index in [4.69, 9.17) is 11.6 Å². The monoisotopic (exact) mass is 301 g/mol. The normalized spacial score (nSPS) is 22.8. The lowest BCUT2D eigenvalue weighted by Crippen LogP contribution is -2.31. The summed E-state index contributed by atoms with van der Waals surface area (Å²) in [5.41, 5.74) is 0.634. The average molecular weight is 302 g/mol. The topological polar surface area (TPSA) is 54.5 Å². The maximum Gasteiger partial charge on any atom is 0.219 e. The summed E-state index contributed by atoms with van der Waals surface area (Å²) in [6.45, 7) is 2.17. The predicted molar refractivity (Wildman–Crippen MR) is 74.9 cm³/mol. The summed E-state index contributed by atoms with van der Waals surface area (Å²) in [4.78, 5) is 13.0. The van der Waals surface area contributed by atoms with Crippen LogP contribution in [0, 0.1) is 0 Å². The number of carbonyl (C=O) groups excluding carboxylic acids is 1. The third-order valence-corrected chi connectivity index (χ3v) is 5.89. The van der Waals surface area contributed by atoms with Crippen molar-refractivity contribution in [1.82, 2.24) is 4.90 Å². The van der Waals surface area contributed by atoms with E-state index in [-0.39, 0.29) is 18.2 Å². The maximum atomic E-state index is 12.3. The summed E-state index contributed by atoms with van der Waals surface area (Å²) in [5, 5.41) is -0.155. The Kier molecular flexibility index (Phi) is 4.16. The van der Waals surface area contributed by atoms with Crippen LogP contribution in [0.4, 0.5) is 0 Å². The molecule has 4 nitrogen and oxygen atoms in total. The zero-order valence-corrected chi connectivity index (χ0v) is 12.2. The molecule has 1 unspecified atom stereocenters. The van der Waals surface area contributed by atoms with Crippen molar-refractivity contribution >= 4 is 27.3 Å². The lowest BCUT2D eigenvalue weighted by atomic mass is 10.1. The van der Waals surface area contributed by atoms with Gasteiger partial charge in [0.05, 0.1) is 11.0 Å². The Labute approximate surface area is 118 Å². The lowest BCUT2D eigenvalue weighted by molar-refractivity contribution is -0.128. The lowest BCUT2D eigenvalue weighted by Gasteiger charge is -2.18. The molecule has 0 saturated carbocycles. The van der Waals surface area contributed by atoms with Crippen LogP contribution in [0.2, 0.25) is 5.02 Å². The molecule has 1 aromatic rings. The summed E-state index contributed by atoms with van der Waals surface area (Å²) >= 11 is 6.09. The van der Waals surface area contributed by atoms with Crippen LogP contribution in [0.1, 0.15) is 24.2 Å². The van der Waals surface area contributed by atoms with Gasteiger partial charge in [0.2, 0.25) is 5.91 Å². The number of carbonyl (C=O) groups is 1. The predicted octanol–water partition coefficient (Wildman–Crippen LogP) is 2.05. The first-order valence-electron chi connectivity index (χ1n) is 6.13. The molecule has 1 atom stereocenters. The zero-order chi connectivity index (χ0) is 14.0. The second-order valence-corrected chi connectivity index (χ2v) is 7.38. The van der Waals surface area contributed by atoms with E-state index < -0.39 is 15.1 Å². The summed E-state index contributed by atoms with van der Waals surface area (Å²) in [6, 6.07) is 7.00. The van der Waals surface area contributed by atoms with Gasteiger partial charge in [0.15, 0.2) is 9.84 Å². The Balaban J connectivity index is 2.35. The fourth-order valence-corrected chi connectivity index (χ4v) is 4.49. The van der Waals surface area contributed by atoms with Crippen LogP contribution < -0.4 is 0 Å². The van der Waals surface area contributed by atoms with Crippen LogP contribution in [0.25, 0.3) is 0 Å². The molecule has 0 spiro atoms. The molecule has 1 aromatic carbocycles. The van der Waals surface area contributed by atoms with Gasteiger partial charge in [-0.15, -0.1) is 0 Å². The number of amides is 1. The minimum atomic E-state index is -3.28. The molecule has 1 aliphatic rings. The van der Waals surface area contributed by atoms with Gasteiger partial charge < -0.3 is 4.90 Å². The molecule has 19 heavy (non-hydrogen) atoms. The van der Waals surface area contributed by atoms with Crippen molar-refractivity contribution in [1.29, 1.82) is 0 Å². The van der Waals surface area contributed by atoms with E-state index in [1.807, 2.05) is 0 Å². The van der Waals surface area contributed by atoms with Gasteiger partial charge in [0, 0.05) is 25.0 Å². The zero-order valence-electron chi connectivity index (χ0n) is 10.7. The van der Waals surface area contributed by atoms with Gasteiger partial charge in [-0.25, -0.2) is 8.42 Å². The van der Waals surface area contributed by atoms with Gasteiger partial charge >= 0.3 is 0 Å². The number of hydrogen-bond acceptors (Lipinski definition) is 3. The van der Waals surface area contributed by atoms with Gasteiger partial charge in [-0.2, -0.15) is 0 Å². The van der Waals surface area contributed by atoms with E-state index in [2.05, 4.69) is 0 Å². The molecule has 1 fully saturated rings. The largest absolute Gasteiger partial charge is 0.342 e. The molecule has 0 bridgehead atoms. The Morgan fingerprint density at radius 2 is 2.00 bits per heavy atom. The summed E-state index contributed by atoms with van der Waals surface area (Å²) in [7, 11) is -3.28. The third kappa shape index (κ3) is 3.09. The highest BCUT2D eigenvalue weighted by Gasteiger charge is 2.32. The second-order valence-electron chi connectivity index (χ2n) is 4.67. The Morgan fingerprint density at radius 1 is 1.32 bits per heavy atom. The fourth-order valence-electron chi connectivity index (χ4n) is 2.34. The molecule has 1 amide bonds. The number of sulfone groups is 1. The van der Waals surface area contributed by atoms with E-state index in [0.717, 1.165) is 0 Å². The van der Waals surface area contributed by atoms with Crippen molar-refractivity contribution in [3.63, 3.8) is 0 Å². The standard InChI is InChI=1S/C13H16ClNO3S/c1-10(16)15-7-6-13(19(17,18)9-8-15)11-4-2-3-5-12(11)14/h2-5,13H,6-9H2,1H3. The van der Waals surface area contributed by atoms with E-state index in [1.54, 1.807) is 29.2 Å². The fraction of sp³-hybridized carbons (Fsp3) is 0.462. The SMILES string of the molecule is CC(=O)N1CCC(c2ccccc2Cl)S(=O)(=O)CC1. The molecular formula is C13H16ClNO3S. The average Bonchev–Trinajstić information content (AvgIpc) is 2.49. The Bertz CT molecular complexity index is 585. The van der Waals surface area contributed by atoms with Crippen LogP contribution in [-0.2, 0) is 14.6 Å². The minimum absolute atomic E-state index is 0.0114. The van der Waals surface area contributed by atoms with Crippen LogP contribution in [0.3, 0.4) is 0 Å². The van der Waals surface area contributed by atoms with Gasteiger partial charge in [0.1, 0.15) is 0 Å². The first-order valence-corrected chi connectivity index (χ1v) is 8.22. The van der Waals surface area contributed by atoms with Crippen LogP contribution in [0.5, 0.6) is 0 Å². The molecule has 1 aliphatic heterocycles. The number of rotatable bonds is 1. The molecule has 0 aromatic heterocycles. The minimum Gasteiger partial charge on any atom is -0.342 e. The second kappa shape index (κ2) is 5.51. The van der Waals surface area contributed by atoms with Crippen LogP contribution >= 0.6 is 11.6 Å².